The van der Waals surface area contributed by atoms with Gasteiger partial charge in [0.2, 0.25) is 0 Å². The number of methoxy groups -OCH3 is 1. The maximum atomic E-state index is 5.43. The van der Waals surface area contributed by atoms with Crippen molar-refractivity contribution in [2.24, 2.45) is 0 Å². The topological polar surface area (TPSA) is 29.8 Å². The molecule has 154 valence electrons. The molecule has 1 aliphatic rings. The minimum Gasteiger partial charge on any atom is -0.497 e. The minimum absolute atomic E-state index is 0.497. The molecule has 4 heterocycles. The molecule has 1 fully saturated rings. The number of pyridine rings is 1. The molecule has 4 nitrogen and oxygen atoms in total. The summed E-state index contributed by atoms with van der Waals surface area (Å²) in [5.74, 6) is 2.56. The molecule has 0 amide bonds. The molecule has 0 aliphatic carbocycles. The summed E-state index contributed by atoms with van der Waals surface area (Å²) >= 11 is 1.86. The molecule has 0 bridgehead atoms. The van der Waals surface area contributed by atoms with Gasteiger partial charge in [-0.25, -0.2) is 4.98 Å². The molecule has 0 atom stereocenters. The van der Waals surface area contributed by atoms with Crippen LogP contribution in [0.1, 0.15) is 29.5 Å². The van der Waals surface area contributed by atoms with Crippen LogP contribution in [0.3, 0.4) is 0 Å². The molecule has 0 saturated carbocycles. The van der Waals surface area contributed by atoms with Crippen molar-refractivity contribution in [1.82, 2.24) is 14.3 Å². The summed E-state index contributed by atoms with van der Waals surface area (Å²) < 4.78 is 7.73. The van der Waals surface area contributed by atoms with Crippen LogP contribution in [0.25, 0.3) is 16.8 Å². The molecule has 0 N–H and O–H groups in total. The van der Waals surface area contributed by atoms with E-state index in [0.29, 0.717) is 5.92 Å². The number of hydrogen-bond donors (Lipinski definition) is 0. The van der Waals surface area contributed by atoms with E-state index in [1.165, 1.54) is 16.2 Å². The Kier molecular flexibility index (Phi) is 5.56. The number of piperidine rings is 1. The fourth-order valence-electron chi connectivity index (χ4n) is 4.47. The van der Waals surface area contributed by atoms with Gasteiger partial charge in [0, 0.05) is 29.1 Å². The highest BCUT2D eigenvalue weighted by atomic mass is 32.1. The lowest BCUT2D eigenvalue weighted by atomic mass is 9.96. The number of ether oxygens (including phenoxy) is 1. The Labute approximate surface area is 181 Å². The molecule has 4 aromatic rings. The molecule has 5 rings (SSSR count). The Balaban J connectivity index is 1.36. The largest absolute Gasteiger partial charge is 0.497 e. The Morgan fingerprint density at radius 3 is 2.77 bits per heavy atom. The van der Waals surface area contributed by atoms with Crippen LogP contribution < -0.4 is 4.74 Å². The van der Waals surface area contributed by atoms with E-state index in [1.54, 1.807) is 7.11 Å². The lowest BCUT2D eigenvalue weighted by Crippen LogP contribution is -2.34. The lowest BCUT2D eigenvalue weighted by molar-refractivity contribution is 0.212. The highest BCUT2D eigenvalue weighted by molar-refractivity contribution is 7.09. The smallest absolute Gasteiger partial charge is 0.119 e. The SMILES string of the molecule is COc1cccc(-c2nc(C3CCN(CCc4cccs4)CC3)n3ccccc23)c1. The zero-order valence-electron chi connectivity index (χ0n) is 17.3. The van der Waals surface area contributed by atoms with Gasteiger partial charge in [-0.1, -0.05) is 24.3 Å². The van der Waals surface area contributed by atoms with E-state index in [4.69, 9.17) is 9.72 Å². The molecule has 0 unspecified atom stereocenters. The molecule has 30 heavy (non-hydrogen) atoms. The van der Waals surface area contributed by atoms with Gasteiger partial charge in [0.25, 0.3) is 0 Å². The van der Waals surface area contributed by atoms with Crippen molar-refractivity contribution < 1.29 is 4.74 Å². The lowest BCUT2D eigenvalue weighted by Gasteiger charge is -2.31. The number of benzene rings is 1. The van der Waals surface area contributed by atoms with E-state index in [2.05, 4.69) is 63.3 Å². The van der Waals surface area contributed by atoms with Crippen molar-refractivity contribution in [2.75, 3.05) is 26.7 Å². The normalized spacial score (nSPS) is 15.6. The van der Waals surface area contributed by atoms with Crippen molar-refractivity contribution in [2.45, 2.75) is 25.2 Å². The second kappa shape index (κ2) is 8.62. The third kappa shape index (κ3) is 3.87. The summed E-state index contributed by atoms with van der Waals surface area (Å²) in [5, 5.41) is 2.17. The number of rotatable bonds is 6. The maximum absolute atomic E-state index is 5.43. The molecule has 0 radical (unpaired) electrons. The summed E-state index contributed by atoms with van der Waals surface area (Å²) in [7, 11) is 1.71. The molecular weight excluding hydrogens is 390 g/mol. The Bertz CT molecular complexity index is 1110. The zero-order valence-corrected chi connectivity index (χ0v) is 18.1. The third-order valence-electron chi connectivity index (χ3n) is 6.13. The highest BCUT2D eigenvalue weighted by Crippen LogP contribution is 2.33. The van der Waals surface area contributed by atoms with Crippen LogP contribution in [0.4, 0.5) is 0 Å². The van der Waals surface area contributed by atoms with Crippen LogP contribution in [-0.4, -0.2) is 41.0 Å². The first-order valence-electron chi connectivity index (χ1n) is 10.7. The second-order valence-corrected chi connectivity index (χ2v) is 8.98. The van der Waals surface area contributed by atoms with E-state index in [1.807, 2.05) is 23.5 Å². The molecular formula is C25H27N3OS. The maximum Gasteiger partial charge on any atom is 0.119 e. The number of thiophene rings is 1. The fourth-order valence-corrected chi connectivity index (χ4v) is 5.17. The Hall–Kier alpha value is -2.63. The summed E-state index contributed by atoms with van der Waals surface area (Å²) in [5.41, 5.74) is 3.32. The van der Waals surface area contributed by atoms with Crippen LogP contribution in [0.5, 0.6) is 5.75 Å². The number of likely N-dealkylation sites (tertiary alicyclic amines) is 1. The first-order valence-corrected chi connectivity index (χ1v) is 11.6. The van der Waals surface area contributed by atoms with Gasteiger partial charge in [0.15, 0.2) is 0 Å². The van der Waals surface area contributed by atoms with Crippen molar-refractivity contribution in [3.63, 3.8) is 0 Å². The fraction of sp³-hybridized carbons (Fsp3) is 0.320. The third-order valence-corrected chi connectivity index (χ3v) is 7.06. The van der Waals surface area contributed by atoms with E-state index >= 15 is 0 Å². The van der Waals surface area contributed by atoms with Gasteiger partial charge in [-0.05, 0) is 68.1 Å². The van der Waals surface area contributed by atoms with Crippen molar-refractivity contribution >= 4 is 16.9 Å². The number of hydrogen-bond acceptors (Lipinski definition) is 4. The van der Waals surface area contributed by atoms with Gasteiger partial charge in [0.1, 0.15) is 11.6 Å². The highest BCUT2D eigenvalue weighted by Gasteiger charge is 2.25. The number of imidazole rings is 1. The van der Waals surface area contributed by atoms with E-state index in [9.17, 15) is 0 Å². The molecule has 1 aromatic carbocycles. The number of fused-ring (bicyclic) bond motifs is 1. The summed E-state index contributed by atoms with van der Waals surface area (Å²) in [6.07, 6.45) is 5.64. The van der Waals surface area contributed by atoms with Crippen molar-refractivity contribution in [3.05, 3.63) is 76.9 Å². The predicted molar refractivity (Wildman–Crippen MR) is 124 cm³/mol. The van der Waals surface area contributed by atoms with Gasteiger partial charge in [0.05, 0.1) is 18.3 Å². The Morgan fingerprint density at radius 2 is 1.97 bits per heavy atom. The van der Waals surface area contributed by atoms with Gasteiger partial charge >= 0.3 is 0 Å². The van der Waals surface area contributed by atoms with Gasteiger partial charge < -0.3 is 14.0 Å². The van der Waals surface area contributed by atoms with Crippen LogP contribution in [0.2, 0.25) is 0 Å². The first kappa shape index (κ1) is 19.3. The molecule has 0 spiro atoms. The summed E-state index contributed by atoms with van der Waals surface area (Å²) in [4.78, 5) is 9.25. The summed E-state index contributed by atoms with van der Waals surface area (Å²) in [6, 6.07) is 19.0. The molecule has 1 saturated heterocycles. The zero-order chi connectivity index (χ0) is 20.3. The van der Waals surface area contributed by atoms with Crippen LogP contribution in [-0.2, 0) is 6.42 Å². The average Bonchev–Trinajstić information content (AvgIpc) is 3.46. The van der Waals surface area contributed by atoms with Gasteiger partial charge in [-0.3, -0.25) is 0 Å². The second-order valence-electron chi connectivity index (χ2n) is 7.95. The van der Waals surface area contributed by atoms with Crippen LogP contribution in [0, 0.1) is 0 Å². The van der Waals surface area contributed by atoms with E-state index < -0.39 is 0 Å². The van der Waals surface area contributed by atoms with Crippen LogP contribution in [0.15, 0.2) is 66.2 Å². The monoisotopic (exact) mass is 417 g/mol. The molecule has 3 aromatic heterocycles. The van der Waals surface area contributed by atoms with E-state index in [-0.39, 0.29) is 0 Å². The van der Waals surface area contributed by atoms with Gasteiger partial charge in [-0.2, -0.15) is 0 Å². The standard InChI is InChI=1S/C25H27N3OS/c1-29-21-7-4-6-20(18-21)24-23-9-2-3-13-28(23)25(26-24)19-10-14-27(15-11-19)16-12-22-8-5-17-30-22/h2-9,13,17-19H,10-12,14-16H2,1H3. The van der Waals surface area contributed by atoms with Crippen molar-refractivity contribution in [3.8, 4) is 17.0 Å². The predicted octanol–water partition coefficient (Wildman–Crippen LogP) is 5.49. The number of nitrogens with zero attached hydrogens (tertiary/aromatic N) is 3. The Morgan fingerprint density at radius 1 is 1.07 bits per heavy atom. The molecule has 1 aliphatic heterocycles. The number of aromatic nitrogens is 2. The van der Waals surface area contributed by atoms with E-state index in [0.717, 1.165) is 55.9 Å². The van der Waals surface area contributed by atoms with Crippen molar-refractivity contribution in [1.29, 1.82) is 0 Å². The quantitative estimate of drug-likeness (QED) is 0.415. The first-order chi connectivity index (χ1) is 14.8. The minimum atomic E-state index is 0.497. The summed E-state index contributed by atoms with van der Waals surface area (Å²) in [6.45, 7) is 3.45. The van der Waals surface area contributed by atoms with Crippen LogP contribution >= 0.6 is 11.3 Å². The van der Waals surface area contributed by atoms with Gasteiger partial charge in [-0.15, -0.1) is 11.3 Å². The molecule has 5 heteroatoms. The average molecular weight is 418 g/mol.